The number of aryl methyl sites for hydroxylation is 1. The van der Waals surface area contributed by atoms with E-state index in [0.29, 0.717) is 0 Å². The number of benzene rings is 7. The van der Waals surface area contributed by atoms with E-state index >= 15 is 0 Å². The molecule has 0 amide bonds. The lowest BCUT2D eigenvalue weighted by atomic mass is 9.70. The van der Waals surface area contributed by atoms with E-state index in [1.165, 1.54) is 191 Å². The molecule has 2 aromatic heterocycles. The minimum absolute atomic E-state index is 0.00959. The standard InChI is InChI=1S/C73H79NS2/c1-4-7-10-13-15-24-51-73(52-25-16-14-11-8-5-2)67-53-60(71-49-47-69(75-71)58-29-22-18-23-30-58)37-45-65(67)66-46-38-61(54-68(66)73)72-50-48-70(76-72)59-35-43-64(44-36-59)74(62-39-31-55(32-40-62)26-19-12-9-6-3)63-41-33-57(34-42-63)56-27-20-17-21-28-56/h17-18,20-23,27-50,53-54H,4-16,19,24-26,51-52H2,1-3H3. The van der Waals surface area contributed by atoms with Gasteiger partial charge in [-0.15, -0.1) is 22.7 Å². The molecule has 0 aliphatic heterocycles. The van der Waals surface area contributed by atoms with Gasteiger partial charge in [0.05, 0.1) is 0 Å². The van der Waals surface area contributed by atoms with Gasteiger partial charge in [-0.3, -0.25) is 0 Å². The van der Waals surface area contributed by atoms with Gasteiger partial charge in [0.2, 0.25) is 0 Å². The summed E-state index contributed by atoms with van der Waals surface area (Å²) in [4.78, 5) is 7.75. The summed E-state index contributed by atoms with van der Waals surface area (Å²) in [5.74, 6) is 0. The summed E-state index contributed by atoms with van der Waals surface area (Å²) >= 11 is 3.86. The predicted octanol–water partition coefficient (Wildman–Crippen LogP) is 23.5. The number of unbranched alkanes of at least 4 members (excludes halogenated alkanes) is 13. The van der Waals surface area contributed by atoms with Gasteiger partial charge in [-0.05, 0) is 160 Å². The van der Waals surface area contributed by atoms with Crippen molar-refractivity contribution >= 4 is 39.7 Å². The van der Waals surface area contributed by atoms with Crippen LogP contribution in [0.4, 0.5) is 17.1 Å². The number of hydrogen-bond donors (Lipinski definition) is 0. The van der Waals surface area contributed by atoms with Gasteiger partial charge in [-0.1, -0.05) is 238 Å². The van der Waals surface area contributed by atoms with Crippen LogP contribution in [0.15, 0.2) is 194 Å². The van der Waals surface area contributed by atoms with E-state index < -0.39 is 0 Å². The fourth-order valence-electron chi connectivity index (χ4n) is 12.0. The monoisotopic (exact) mass is 1030 g/mol. The summed E-state index contributed by atoms with van der Waals surface area (Å²) in [5, 5.41) is 0. The van der Waals surface area contributed by atoms with Crippen LogP contribution in [0.3, 0.4) is 0 Å². The first kappa shape index (κ1) is 53.2. The molecule has 76 heavy (non-hydrogen) atoms. The maximum atomic E-state index is 2.64. The molecule has 0 saturated carbocycles. The lowest BCUT2D eigenvalue weighted by Crippen LogP contribution is -2.25. The fourth-order valence-corrected chi connectivity index (χ4v) is 14.0. The van der Waals surface area contributed by atoms with Crippen LogP contribution in [0, 0.1) is 0 Å². The molecule has 0 N–H and O–H groups in total. The van der Waals surface area contributed by atoms with Crippen molar-refractivity contribution in [3.63, 3.8) is 0 Å². The molecule has 0 bridgehead atoms. The van der Waals surface area contributed by atoms with Crippen LogP contribution in [-0.4, -0.2) is 0 Å². The molecule has 7 aromatic carbocycles. The minimum Gasteiger partial charge on any atom is -0.311 e. The quantitative estimate of drug-likeness (QED) is 0.0464. The Kier molecular flexibility index (Phi) is 18.3. The highest BCUT2D eigenvalue weighted by molar-refractivity contribution is 7.19. The first-order valence-corrected chi connectivity index (χ1v) is 30.9. The second kappa shape index (κ2) is 26.2. The van der Waals surface area contributed by atoms with Crippen LogP contribution < -0.4 is 4.90 Å². The molecule has 1 nitrogen and oxygen atoms in total. The van der Waals surface area contributed by atoms with Crippen LogP contribution in [0.25, 0.3) is 64.0 Å². The van der Waals surface area contributed by atoms with Crippen molar-refractivity contribution in [1.29, 1.82) is 0 Å². The van der Waals surface area contributed by atoms with E-state index in [1.54, 1.807) is 11.1 Å². The van der Waals surface area contributed by atoms with Crippen molar-refractivity contribution in [2.45, 2.75) is 148 Å². The van der Waals surface area contributed by atoms with E-state index in [9.17, 15) is 0 Å². The van der Waals surface area contributed by atoms with Crippen LogP contribution in [0.2, 0.25) is 0 Å². The number of thiophene rings is 2. The Morgan fingerprint density at radius 1 is 0.316 bits per heavy atom. The molecule has 0 radical (unpaired) electrons. The first-order chi connectivity index (χ1) is 37.5. The van der Waals surface area contributed by atoms with Crippen LogP contribution in [-0.2, 0) is 11.8 Å². The van der Waals surface area contributed by atoms with E-state index in [1.807, 2.05) is 22.7 Å². The molecule has 10 rings (SSSR count). The van der Waals surface area contributed by atoms with E-state index in [0.717, 1.165) is 17.8 Å². The van der Waals surface area contributed by atoms with Crippen LogP contribution >= 0.6 is 22.7 Å². The second-order valence-corrected chi connectivity index (χ2v) is 23.8. The topological polar surface area (TPSA) is 3.24 Å². The molecule has 388 valence electrons. The highest BCUT2D eigenvalue weighted by atomic mass is 32.1. The SMILES string of the molecule is CCCCCCCCC1(CCCCCCCC)c2cc(-c3ccc(-c4ccccc4)s3)ccc2-c2ccc(-c3ccc(-c4ccc(N(c5ccc(CCCCCC)cc5)c5ccc(-c6ccccc6)cc5)cc4)s3)cc21. The average molecular weight is 1030 g/mol. The smallest absolute Gasteiger partial charge is 0.0462 e. The lowest BCUT2D eigenvalue weighted by Gasteiger charge is -2.33. The van der Waals surface area contributed by atoms with Gasteiger partial charge in [0.15, 0.2) is 0 Å². The maximum absolute atomic E-state index is 2.64. The Balaban J connectivity index is 0.958. The molecule has 3 heteroatoms. The molecule has 0 atom stereocenters. The Morgan fingerprint density at radius 2 is 0.671 bits per heavy atom. The molecule has 9 aromatic rings. The minimum atomic E-state index is -0.00959. The summed E-state index contributed by atoms with van der Waals surface area (Å²) in [6.07, 6.45) is 24.5. The molecule has 1 aliphatic carbocycles. The van der Waals surface area contributed by atoms with Crippen molar-refractivity contribution in [2.24, 2.45) is 0 Å². The molecular formula is C73H79NS2. The molecule has 0 spiro atoms. The van der Waals surface area contributed by atoms with Crippen LogP contribution in [0.5, 0.6) is 0 Å². The molecule has 0 unspecified atom stereocenters. The van der Waals surface area contributed by atoms with Gasteiger partial charge in [0, 0.05) is 42.0 Å². The second-order valence-electron chi connectivity index (χ2n) is 21.6. The molecule has 2 heterocycles. The summed E-state index contributed by atoms with van der Waals surface area (Å²) in [6, 6.07) is 73.7. The summed E-state index contributed by atoms with van der Waals surface area (Å²) in [6.45, 7) is 6.95. The predicted molar refractivity (Wildman–Crippen MR) is 334 cm³/mol. The van der Waals surface area contributed by atoms with Gasteiger partial charge < -0.3 is 4.90 Å². The Hall–Kier alpha value is -6.26. The van der Waals surface area contributed by atoms with Gasteiger partial charge >= 0.3 is 0 Å². The normalized spacial score (nSPS) is 12.5. The van der Waals surface area contributed by atoms with Gasteiger partial charge in [-0.2, -0.15) is 0 Å². The van der Waals surface area contributed by atoms with Gasteiger partial charge in [0.1, 0.15) is 0 Å². The summed E-state index contributed by atoms with van der Waals surface area (Å²) in [7, 11) is 0. The van der Waals surface area contributed by atoms with Crippen molar-refractivity contribution in [3.8, 4) is 64.0 Å². The molecule has 0 fully saturated rings. The highest BCUT2D eigenvalue weighted by Crippen LogP contribution is 2.56. The van der Waals surface area contributed by atoms with Gasteiger partial charge in [0.25, 0.3) is 0 Å². The van der Waals surface area contributed by atoms with Crippen molar-refractivity contribution in [2.75, 3.05) is 4.90 Å². The van der Waals surface area contributed by atoms with E-state index in [-0.39, 0.29) is 5.41 Å². The number of nitrogens with zero attached hydrogens (tertiary/aromatic N) is 1. The highest BCUT2D eigenvalue weighted by Gasteiger charge is 2.43. The van der Waals surface area contributed by atoms with E-state index in [2.05, 4.69) is 220 Å². The van der Waals surface area contributed by atoms with E-state index in [4.69, 9.17) is 0 Å². The fraction of sp³-hybridized carbons (Fsp3) is 0.315. The molecular weight excluding hydrogens is 955 g/mol. The third kappa shape index (κ3) is 12.4. The van der Waals surface area contributed by atoms with Crippen molar-refractivity contribution in [1.82, 2.24) is 0 Å². The zero-order valence-corrected chi connectivity index (χ0v) is 47.3. The largest absolute Gasteiger partial charge is 0.311 e. The number of fused-ring (bicyclic) bond motifs is 3. The summed E-state index contributed by atoms with van der Waals surface area (Å²) in [5.41, 5.74) is 18.7. The molecule has 0 saturated heterocycles. The average Bonchev–Trinajstić information content (AvgIpc) is 4.27. The zero-order valence-electron chi connectivity index (χ0n) is 45.7. The molecule has 1 aliphatic rings. The van der Waals surface area contributed by atoms with Crippen molar-refractivity contribution < 1.29 is 0 Å². The number of rotatable bonds is 27. The third-order valence-corrected chi connectivity index (χ3v) is 18.6. The maximum Gasteiger partial charge on any atom is 0.0462 e. The third-order valence-electron chi connectivity index (χ3n) is 16.3. The Labute approximate surface area is 464 Å². The van der Waals surface area contributed by atoms with Gasteiger partial charge in [-0.25, -0.2) is 0 Å². The van der Waals surface area contributed by atoms with Crippen molar-refractivity contribution in [3.05, 3.63) is 211 Å². The lowest BCUT2D eigenvalue weighted by molar-refractivity contribution is 0.398. The van der Waals surface area contributed by atoms with Crippen LogP contribution in [0.1, 0.15) is 153 Å². The Morgan fingerprint density at radius 3 is 1.14 bits per heavy atom. The summed E-state index contributed by atoms with van der Waals surface area (Å²) < 4.78 is 0. The Bertz CT molecular complexity index is 3180. The number of anilines is 3. The number of hydrogen-bond acceptors (Lipinski definition) is 3. The first-order valence-electron chi connectivity index (χ1n) is 29.3. The zero-order chi connectivity index (χ0) is 51.9.